The molecule has 38 heavy (non-hydrogen) atoms. The summed E-state index contributed by atoms with van der Waals surface area (Å²) in [6.07, 6.45) is -1.78. The Morgan fingerprint density at radius 3 is 2.39 bits per heavy atom. The Labute approximate surface area is 215 Å². The molecule has 2 aliphatic rings. The number of aliphatic hydroxyl groups is 2. The number of carbonyl (C=O) groups is 1. The van der Waals surface area contributed by atoms with E-state index < -0.39 is 34.4 Å². The zero-order valence-corrected chi connectivity index (χ0v) is 20.9. The molecule has 2 saturated heterocycles. The van der Waals surface area contributed by atoms with Crippen molar-refractivity contribution >= 4 is 27.2 Å². The van der Waals surface area contributed by atoms with E-state index in [0.717, 1.165) is 35.9 Å². The Morgan fingerprint density at radius 2 is 1.87 bits per heavy atom. The van der Waals surface area contributed by atoms with Crippen LogP contribution in [0, 0.1) is 0 Å². The summed E-state index contributed by atoms with van der Waals surface area (Å²) in [5, 5.41) is 23.0. The van der Waals surface area contributed by atoms with E-state index in [9.17, 15) is 36.6 Å². The number of hydrogen-bond donors (Lipinski definition) is 3. The fraction of sp³-hybridized carbons (Fsp3) is 0.478. The minimum absolute atomic E-state index is 0.156. The monoisotopic (exact) mass is 554 g/mol. The van der Waals surface area contributed by atoms with Gasteiger partial charge in [-0.2, -0.15) is 22.8 Å². The minimum atomic E-state index is -4.87. The third kappa shape index (κ3) is 4.37. The smallest absolute Gasteiger partial charge is 0.387 e. The standard InChI is InChI=1S/C23H25F3N6O5S/c1-38(36,37)19-18(12-6-13-3-4-14(7-12)31(13)17(34)10-33)30-22-15(9-29-32(22)21(19)27)11-2-5-16(28-8-11)20(35)23(24,25)26/h2,5,8-9,12-14,20,33,35H,3-4,6-7,10,27H2,1H3/t12-,13-,14+,20?. The molecule has 2 fully saturated rings. The summed E-state index contributed by atoms with van der Waals surface area (Å²) in [6, 6.07) is 2.02. The molecular weight excluding hydrogens is 529 g/mol. The largest absolute Gasteiger partial charge is 0.420 e. The summed E-state index contributed by atoms with van der Waals surface area (Å²) < 4.78 is 65.4. The highest BCUT2D eigenvalue weighted by molar-refractivity contribution is 7.91. The highest BCUT2D eigenvalue weighted by atomic mass is 32.2. The van der Waals surface area contributed by atoms with Crippen molar-refractivity contribution in [1.82, 2.24) is 24.5 Å². The van der Waals surface area contributed by atoms with Crippen molar-refractivity contribution in [3.05, 3.63) is 35.9 Å². The molecule has 0 spiro atoms. The van der Waals surface area contributed by atoms with Crippen LogP contribution in [0.25, 0.3) is 16.8 Å². The minimum Gasteiger partial charge on any atom is -0.387 e. The third-order valence-electron chi connectivity index (χ3n) is 7.27. The molecule has 4 N–H and O–H groups in total. The van der Waals surface area contributed by atoms with Gasteiger partial charge in [-0.25, -0.2) is 13.4 Å². The first kappa shape index (κ1) is 26.3. The van der Waals surface area contributed by atoms with Crippen LogP contribution in [0.15, 0.2) is 29.4 Å². The molecule has 2 bridgehead atoms. The summed E-state index contributed by atoms with van der Waals surface area (Å²) >= 11 is 0. The van der Waals surface area contributed by atoms with Crippen LogP contribution in [0.5, 0.6) is 0 Å². The number of pyridine rings is 1. The van der Waals surface area contributed by atoms with Gasteiger partial charge >= 0.3 is 6.18 Å². The molecule has 4 atom stereocenters. The van der Waals surface area contributed by atoms with Gasteiger partial charge in [0.05, 0.1) is 17.6 Å². The first-order valence-electron chi connectivity index (χ1n) is 11.8. The van der Waals surface area contributed by atoms with Gasteiger partial charge in [0.15, 0.2) is 21.6 Å². The van der Waals surface area contributed by atoms with Crippen molar-refractivity contribution in [2.75, 3.05) is 18.6 Å². The van der Waals surface area contributed by atoms with Gasteiger partial charge in [-0.1, -0.05) is 6.07 Å². The van der Waals surface area contributed by atoms with Gasteiger partial charge in [0.2, 0.25) is 5.91 Å². The van der Waals surface area contributed by atoms with E-state index in [0.29, 0.717) is 24.0 Å². The number of piperidine rings is 1. The number of halogens is 3. The lowest BCUT2D eigenvalue weighted by Gasteiger charge is -2.39. The summed E-state index contributed by atoms with van der Waals surface area (Å²) in [5.41, 5.74) is 6.86. The molecule has 3 aromatic rings. The number of alkyl halides is 3. The van der Waals surface area contributed by atoms with Gasteiger partial charge in [0.1, 0.15) is 17.3 Å². The molecule has 15 heteroatoms. The maximum Gasteiger partial charge on any atom is 0.420 e. The second-order valence-corrected chi connectivity index (χ2v) is 11.7. The first-order chi connectivity index (χ1) is 17.8. The first-order valence-corrected chi connectivity index (χ1v) is 13.7. The summed E-state index contributed by atoms with van der Waals surface area (Å²) in [5.74, 6) is -0.874. The molecule has 0 aliphatic carbocycles. The molecule has 5 rings (SSSR count). The van der Waals surface area contributed by atoms with Crippen molar-refractivity contribution < 1.29 is 36.6 Å². The Morgan fingerprint density at radius 1 is 1.21 bits per heavy atom. The Bertz CT molecular complexity index is 1490. The van der Waals surface area contributed by atoms with Crippen LogP contribution in [-0.4, -0.2) is 80.1 Å². The topological polar surface area (TPSA) is 164 Å². The maximum absolute atomic E-state index is 12.9. The predicted molar refractivity (Wildman–Crippen MR) is 127 cm³/mol. The number of fused-ring (bicyclic) bond motifs is 3. The molecule has 0 saturated carbocycles. The SMILES string of the molecule is CS(=O)(=O)c1c([C@@H]2C[C@H]3CC[C@@H](C2)N3C(=O)CO)nc2c(-c3ccc(C(O)C(F)(F)F)nc3)cnn2c1N. The molecule has 1 unspecified atom stereocenters. The maximum atomic E-state index is 12.9. The molecular formula is C23H25F3N6O5S. The van der Waals surface area contributed by atoms with E-state index in [1.54, 1.807) is 4.90 Å². The second-order valence-electron chi connectivity index (χ2n) is 9.71. The normalized spacial score (nSPS) is 22.7. The van der Waals surface area contributed by atoms with E-state index in [1.165, 1.54) is 12.3 Å². The van der Waals surface area contributed by atoms with Crippen molar-refractivity contribution in [2.45, 2.75) is 60.9 Å². The van der Waals surface area contributed by atoms with Crippen LogP contribution in [0.2, 0.25) is 0 Å². The van der Waals surface area contributed by atoms with E-state index in [4.69, 9.17) is 5.73 Å². The number of hydrogen-bond acceptors (Lipinski definition) is 9. The number of nitrogen functional groups attached to an aromatic ring is 1. The van der Waals surface area contributed by atoms with Crippen molar-refractivity contribution in [2.24, 2.45) is 0 Å². The fourth-order valence-electron chi connectivity index (χ4n) is 5.66. The number of aromatic nitrogens is 4. The average molecular weight is 555 g/mol. The number of anilines is 1. The molecule has 1 amide bonds. The number of sulfone groups is 1. The van der Waals surface area contributed by atoms with Crippen LogP contribution in [0.1, 0.15) is 49.1 Å². The third-order valence-corrected chi connectivity index (χ3v) is 8.42. The molecule has 0 aromatic carbocycles. The quantitative estimate of drug-likeness (QED) is 0.425. The van der Waals surface area contributed by atoms with Gasteiger partial charge in [0.25, 0.3) is 0 Å². The van der Waals surface area contributed by atoms with E-state index >= 15 is 0 Å². The molecule has 5 heterocycles. The number of rotatable bonds is 5. The molecule has 0 radical (unpaired) electrons. The van der Waals surface area contributed by atoms with Crippen LogP contribution in [0.3, 0.4) is 0 Å². The van der Waals surface area contributed by atoms with Crippen molar-refractivity contribution in [3.8, 4) is 11.1 Å². The van der Waals surface area contributed by atoms with Gasteiger partial charge in [-0.3, -0.25) is 9.78 Å². The van der Waals surface area contributed by atoms with Crippen molar-refractivity contribution in [3.63, 3.8) is 0 Å². The lowest BCUT2D eigenvalue weighted by molar-refractivity contribution is -0.207. The number of aliphatic hydroxyl groups excluding tert-OH is 2. The summed E-state index contributed by atoms with van der Waals surface area (Å²) in [7, 11) is -3.85. The van der Waals surface area contributed by atoms with Gasteiger partial charge in [-0.05, 0) is 31.7 Å². The van der Waals surface area contributed by atoms with Gasteiger partial charge in [-0.15, -0.1) is 0 Å². The summed E-state index contributed by atoms with van der Waals surface area (Å²) in [4.78, 5) is 22.2. The molecule has 204 valence electrons. The molecule has 2 aliphatic heterocycles. The number of nitrogens with two attached hydrogens (primary N) is 1. The predicted octanol–water partition coefficient (Wildman–Crippen LogP) is 1.60. The zero-order chi connectivity index (χ0) is 27.6. The van der Waals surface area contributed by atoms with Gasteiger partial charge < -0.3 is 20.8 Å². The highest BCUT2D eigenvalue weighted by Gasteiger charge is 2.45. The van der Waals surface area contributed by atoms with Crippen LogP contribution < -0.4 is 5.73 Å². The van der Waals surface area contributed by atoms with Crippen LogP contribution in [-0.2, 0) is 14.6 Å². The lowest BCUT2D eigenvalue weighted by atomic mass is 9.87. The summed E-state index contributed by atoms with van der Waals surface area (Å²) in [6.45, 7) is -0.602. The van der Waals surface area contributed by atoms with Crippen LogP contribution >= 0.6 is 0 Å². The lowest BCUT2D eigenvalue weighted by Crippen LogP contribution is -2.47. The Balaban J connectivity index is 1.59. The van der Waals surface area contributed by atoms with Crippen molar-refractivity contribution in [1.29, 1.82) is 0 Å². The number of amides is 1. The van der Waals surface area contributed by atoms with Gasteiger partial charge in [0, 0.05) is 41.6 Å². The molecule has 3 aromatic heterocycles. The Hall–Kier alpha value is -3.30. The zero-order valence-electron chi connectivity index (χ0n) is 20.1. The molecule has 11 nitrogen and oxygen atoms in total. The van der Waals surface area contributed by atoms with E-state index in [2.05, 4.69) is 15.1 Å². The highest BCUT2D eigenvalue weighted by Crippen LogP contribution is 2.45. The average Bonchev–Trinajstić information content (AvgIpc) is 3.40. The van der Waals surface area contributed by atoms with Crippen LogP contribution in [0.4, 0.5) is 19.0 Å². The second kappa shape index (κ2) is 9.17. The van der Waals surface area contributed by atoms with E-state index in [1.807, 2.05) is 0 Å². The number of nitrogens with zero attached hydrogens (tertiary/aromatic N) is 5. The Kier molecular flexibility index (Phi) is 6.35. The number of carbonyl (C=O) groups excluding carboxylic acids is 1. The fourth-order valence-corrected chi connectivity index (χ4v) is 6.72. The van der Waals surface area contributed by atoms with E-state index in [-0.39, 0.29) is 46.0 Å².